The van der Waals surface area contributed by atoms with Crippen molar-refractivity contribution in [2.75, 3.05) is 39.3 Å². The SMILES string of the molecule is C[C@@H]1CN(CC(=O)NCCOc2ccccc2)CCN1. The third-order valence-electron chi connectivity index (χ3n) is 3.26. The first-order valence-electron chi connectivity index (χ1n) is 7.14. The fourth-order valence-corrected chi connectivity index (χ4v) is 2.29. The predicted octanol–water partition coefficient (Wildman–Crippen LogP) is 0.475. The summed E-state index contributed by atoms with van der Waals surface area (Å²) in [5.41, 5.74) is 0. The molecular formula is C15H23N3O2. The number of rotatable bonds is 6. The van der Waals surface area contributed by atoms with Crippen LogP contribution in [-0.2, 0) is 4.79 Å². The van der Waals surface area contributed by atoms with Crippen LogP contribution in [0, 0.1) is 0 Å². The Labute approximate surface area is 120 Å². The topological polar surface area (TPSA) is 53.6 Å². The van der Waals surface area contributed by atoms with E-state index in [4.69, 9.17) is 4.74 Å². The van der Waals surface area contributed by atoms with Crippen LogP contribution in [0.5, 0.6) is 5.75 Å². The molecule has 2 N–H and O–H groups in total. The summed E-state index contributed by atoms with van der Waals surface area (Å²) < 4.78 is 5.53. The number of ether oxygens (including phenoxy) is 1. The number of benzene rings is 1. The van der Waals surface area contributed by atoms with Crippen LogP contribution in [0.3, 0.4) is 0 Å². The lowest BCUT2D eigenvalue weighted by Gasteiger charge is -2.31. The zero-order valence-electron chi connectivity index (χ0n) is 12.0. The van der Waals surface area contributed by atoms with E-state index in [1.807, 2.05) is 30.3 Å². The minimum absolute atomic E-state index is 0.0655. The van der Waals surface area contributed by atoms with Gasteiger partial charge in [0.1, 0.15) is 12.4 Å². The second-order valence-electron chi connectivity index (χ2n) is 5.10. The van der Waals surface area contributed by atoms with Crippen LogP contribution in [0.4, 0.5) is 0 Å². The quantitative estimate of drug-likeness (QED) is 0.743. The molecule has 20 heavy (non-hydrogen) atoms. The molecular weight excluding hydrogens is 254 g/mol. The van der Waals surface area contributed by atoms with E-state index in [1.54, 1.807) is 0 Å². The first kappa shape index (κ1) is 14.8. The molecule has 1 aromatic rings. The van der Waals surface area contributed by atoms with Gasteiger partial charge in [-0.3, -0.25) is 9.69 Å². The average Bonchev–Trinajstić information content (AvgIpc) is 2.45. The molecule has 5 nitrogen and oxygen atoms in total. The van der Waals surface area contributed by atoms with E-state index in [1.165, 1.54) is 0 Å². The molecule has 1 amide bonds. The van der Waals surface area contributed by atoms with Crippen molar-refractivity contribution in [1.29, 1.82) is 0 Å². The summed E-state index contributed by atoms with van der Waals surface area (Å²) in [7, 11) is 0. The molecule has 0 unspecified atom stereocenters. The van der Waals surface area contributed by atoms with E-state index >= 15 is 0 Å². The molecule has 1 atom stereocenters. The Morgan fingerprint density at radius 1 is 1.45 bits per heavy atom. The summed E-state index contributed by atoms with van der Waals surface area (Å²) in [4.78, 5) is 14.0. The summed E-state index contributed by atoms with van der Waals surface area (Å²) in [6.07, 6.45) is 0. The highest BCUT2D eigenvalue weighted by molar-refractivity contribution is 5.78. The molecule has 0 aromatic heterocycles. The standard InChI is InChI=1S/C15H23N3O2/c1-13-11-18(9-7-16-13)12-15(19)17-8-10-20-14-5-3-2-4-6-14/h2-6,13,16H,7-12H2,1H3,(H,17,19)/t13-/m1/s1. The molecule has 1 fully saturated rings. The Morgan fingerprint density at radius 2 is 2.25 bits per heavy atom. The molecule has 0 bridgehead atoms. The molecule has 5 heteroatoms. The lowest BCUT2D eigenvalue weighted by Crippen LogP contribution is -2.52. The molecule has 110 valence electrons. The van der Waals surface area contributed by atoms with Gasteiger partial charge in [-0.05, 0) is 19.1 Å². The summed E-state index contributed by atoms with van der Waals surface area (Å²) in [5.74, 6) is 0.897. The van der Waals surface area contributed by atoms with Crippen LogP contribution in [-0.4, -0.2) is 56.2 Å². The van der Waals surface area contributed by atoms with Gasteiger partial charge < -0.3 is 15.4 Å². The molecule has 0 aliphatic carbocycles. The molecule has 2 rings (SSSR count). The Bertz CT molecular complexity index is 411. The summed E-state index contributed by atoms with van der Waals surface area (Å²) >= 11 is 0. The lowest BCUT2D eigenvalue weighted by molar-refractivity contribution is -0.122. The summed E-state index contributed by atoms with van der Waals surface area (Å²) in [6.45, 7) is 6.44. The maximum Gasteiger partial charge on any atom is 0.234 e. The number of hydrogen-bond donors (Lipinski definition) is 2. The van der Waals surface area contributed by atoms with Crippen LogP contribution in [0.1, 0.15) is 6.92 Å². The van der Waals surface area contributed by atoms with Crippen LogP contribution in [0.2, 0.25) is 0 Å². The van der Waals surface area contributed by atoms with Gasteiger partial charge in [-0.15, -0.1) is 0 Å². The zero-order valence-corrected chi connectivity index (χ0v) is 12.0. The lowest BCUT2D eigenvalue weighted by atomic mass is 10.2. The summed E-state index contributed by atoms with van der Waals surface area (Å²) in [6, 6.07) is 10.1. The first-order valence-corrected chi connectivity index (χ1v) is 7.14. The highest BCUT2D eigenvalue weighted by atomic mass is 16.5. The fourth-order valence-electron chi connectivity index (χ4n) is 2.29. The molecule has 0 saturated carbocycles. The minimum Gasteiger partial charge on any atom is -0.492 e. The van der Waals surface area contributed by atoms with E-state index in [9.17, 15) is 4.79 Å². The fraction of sp³-hybridized carbons (Fsp3) is 0.533. The molecule has 1 aromatic carbocycles. The first-order chi connectivity index (χ1) is 9.74. The molecule has 1 heterocycles. The largest absolute Gasteiger partial charge is 0.492 e. The number of nitrogens with zero attached hydrogens (tertiary/aromatic N) is 1. The Hall–Kier alpha value is -1.59. The van der Waals surface area contributed by atoms with Crippen molar-refractivity contribution in [2.24, 2.45) is 0 Å². The van der Waals surface area contributed by atoms with Crippen molar-refractivity contribution in [3.8, 4) is 5.75 Å². The molecule has 1 saturated heterocycles. The second kappa shape index (κ2) is 7.87. The smallest absolute Gasteiger partial charge is 0.234 e. The number of para-hydroxylation sites is 1. The number of carbonyl (C=O) groups excluding carboxylic acids is 1. The third-order valence-corrected chi connectivity index (χ3v) is 3.26. The van der Waals surface area contributed by atoms with Gasteiger partial charge in [-0.25, -0.2) is 0 Å². The summed E-state index contributed by atoms with van der Waals surface area (Å²) in [5, 5.41) is 6.25. The van der Waals surface area contributed by atoms with Crippen molar-refractivity contribution in [2.45, 2.75) is 13.0 Å². The monoisotopic (exact) mass is 277 g/mol. The van der Waals surface area contributed by atoms with Crippen molar-refractivity contribution in [1.82, 2.24) is 15.5 Å². The Kier molecular flexibility index (Phi) is 5.83. The van der Waals surface area contributed by atoms with E-state index in [0.717, 1.165) is 25.4 Å². The van der Waals surface area contributed by atoms with E-state index in [0.29, 0.717) is 25.7 Å². The molecule has 0 radical (unpaired) electrons. The van der Waals surface area contributed by atoms with E-state index < -0.39 is 0 Å². The molecule has 1 aliphatic rings. The third kappa shape index (κ3) is 5.19. The van der Waals surface area contributed by atoms with Crippen molar-refractivity contribution >= 4 is 5.91 Å². The van der Waals surface area contributed by atoms with E-state index in [2.05, 4.69) is 22.5 Å². The van der Waals surface area contributed by atoms with Gasteiger partial charge in [0.25, 0.3) is 0 Å². The van der Waals surface area contributed by atoms with Crippen molar-refractivity contribution < 1.29 is 9.53 Å². The number of piperazine rings is 1. The van der Waals surface area contributed by atoms with Crippen molar-refractivity contribution in [3.05, 3.63) is 30.3 Å². The number of carbonyl (C=O) groups is 1. The highest BCUT2D eigenvalue weighted by Crippen LogP contribution is 2.07. The number of nitrogens with one attached hydrogen (secondary N) is 2. The van der Waals surface area contributed by atoms with Crippen LogP contribution < -0.4 is 15.4 Å². The van der Waals surface area contributed by atoms with Gasteiger partial charge in [0.15, 0.2) is 0 Å². The second-order valence-corrected chi connectivity index (χ2v) is 5.10. The van der Waals surface area contributed by atoms with E-state index in [-0.39, 0.29) is 5.91 Å². The van der Waals surface area contributed by atoms with Crippen molar-refractivity contribution in [3.63, 3.8) is 0 Å². The van der Waals surface area contributed by atoms with Gasteiger partial charge in [-0.2, -0.15) is 0 Å². The maximum atomic E-state index is 11.8. The molecule has 0 spiro atoms. The highest BCUT2D eigenvalue weighted by Gasteiger charge is 2.17. The maximum absolute atomic E-state index is 11.8. The van der Waals surface area contributed by atoms with Gasteiger partial charge >= 0.3 is 0 Å². The predicted molar refractivity (Wildman–Crippen MR) is 78.9 cm³/mol. The Balaban J connectivity index is 1.58. The van der Waals surface area contributed by atoms with Crippen LogP contribution >= 0.6 is 0 Å². The van der Waals surface area contributed by atoms with Gasteiger partial charge in [0.2, 0.25) is 5.91 Å². The van der Waals surface area contributed by atoms with Gasteiger partial charge in [-0.1, -0.05) is 18.2 Å². The van der Waals surface area contributed by atoms with Gasteiger partial charge in [0.05, 0.1) is 13.1 Å². The van der Waals surface area contributed by atoms with Gasteiger partial charge in [0, 0.05) is 25.7 Å². The molecule has 1 aliphatic heterocycles. The van der Waals surface area contributed by atoms with Crippen LogP contribution in [0.25, 0.3) is 0 Å². The number of amides is 1. The Morgan fingerprint density at radius 3 is 3.00 bits per heavy atom. The van der Waals surface area contributed by atoms with Crippen LogP contribution in [0.15, 0.2) is 30.3 Å². The average molecular weight is 277 g/mol. The number of hydrogen-bond acceptors (Lipinski definition) is 4. The minimum atomic E-state index is 0.0655. The zero-order chi connectivity index (χ0) is 14.2. The normalized spacial score (nSPS) is 19.6.